The molecule has 0 saturated carbocycles. The lowest BCUT2D eigenvalue weighted by Crippen LogP contribution is -2.15. The summed E-state index contributed by atoms with van der Waals surface area (Å²) in [7, 11) is -3.13. The molecule has 0 bridgehead atoms. The van der Waals surface area contributed by atoms with E-state index in [0.29, 0.717) is 17.4 Å². The van der Waals surface area contributed by atoms with Crippen molar-refractivity contribution in [3.63, 3.8) is 0 Å². The van der Waals surface area contributed by atoms with Crippen LogP contribution in [0.2, 0.25) is 0 Å². The van der Waals surface area contributed by atoms with Crippen LogP contribution in [-0.4, -0.2) is 31.6 Å². The van der Waals surface area contributed by atoms with E-state index in [4.69, 9.17) is 9.84 Å². The van der Waals surface area contributed by atoms with Crippen LogP contribution in [0.1, 0.15) is 54.6 Å². The van der Waals surface area contributed by atoms with Gasteiger partial charge in [0, 0.05) is 17.0 Å². The number of rotatable bonds is 8. The smallest absolute Gasteiger partial charge is 0.338 e. The summed E-state index contributed by atoms with van der Waals surface area (Å²) in [6, 6.07) is 5.06. The summed E-state index contributed by atoms with van der Waals surface area (Å²) < 4.78 is 62.8. The van der Waals surface area contributed by atoms with E-state index in [1.165, 1.54) is 12.5 Å². The van der Waals surface area contributed by atoms with Crippen LogP contribution in [-0.2, 0) is 10.0 Å². The average molecular weight is 563 g/mol. The highest BCUT2D eigenvalue weighted by Gasteiger charge is 2.25. The van der Waals surface area contributed by atoms with Gasteiger partial charge in [0.25, 0.3) is 10.0 Å². The molecular formula is C27H28F2N2O5S2. The minimum atomic E-state index is -4.32. The number of thiazole rings is 1. The van der Waals surface area contributed by atoms with Crippen LogP contribution in [0, 0.1) is 30.4 Å². The Morgan fingerprint density at radius 3 is 2.55 bits per heavy atom. The number of carboxylic acids is 1. The van der Waals surface area contributed by atoms with Crippen LogP contribution in [0.25, 0.3) is 16.1 Å². The summed E-state index contributed by atoms with van der Waals surface area (Å²) in [5.41, 5.74) is 1.66. The highest BCUT2D eigenvalue weighted by molar-refractivity contribution is 7.92. The van der Waals surface area contributed by atoms with Gasteiger partial charge >= 0.3 is 5.97 Å². The fraction of sp³-hybridized carbons (Fsp3) is 0.333. The van der Waals surface area contributed by atoms with Crippen molar-refractivity contribution in [3.8, 4) is 16.3 Å². The van der Waals surface area contributed by atoms with Gasteiger partial charge in [0.2, 0.25) is 0 Å². The predicted octanol–water partition coefficient (Wildman–Crippen LogP) is 6.74. The molecule has 11 heteroatoms. The van der Waals surface area contributed by atoms with Crippen LogP contribution in [0.15, 0.2) is 40.7 Å². The molecule has 1 atom stereocenters. The average Bonchev–Trinajstić information content (AvgIpc) is 3.36. The van der Waals surface area contributed by atoms with Crippen molar-refractivity contribution in [1.29, 1.82) is 0 Å². The third-order valence-electron chi connectivity index (χ3n) is 6.88. The molecule has 38 heavy (non-hydrogen) atoms. The predicted molar refractivity (Wildman–Crippen MR) is 143 cm³/mol. The Balaban J connectivity index is 1.61. The molecule has 7 nitrogen and oxygen atoms in total. The van der Waals surface area contributed by atoms with Crippen molar-refractivity contribution in [2.24, 2.45) is 11.8 Å². The molecule has 1 unspecified atom stereocenters. The zero-order valence-electron chi connectivity index (χ0n) is 21.3. The first-order valence-electron chi connectivity index (χ1n) is 12.0. The minimum absolute atomic E-state index is 0.175. The second-order valence-corrected chi connectivity index (χ2v) is 12.0. The molecule has 1 aliphatic rings. The number of nitrogens with zero attached hydrogens (tertiary/aromatic N) is 1. The maximum Gasteiger partial charge on any atom is 0.338 e. The molecule has 1 aromatic heterocycles. The van der Waals surface area contributed by atoms with Crippen molar-refractivity contribution < 1.29 is 31.8 Å². The van der Waals surface area contributed by atoms with E-state index in [1.807, 2.05) is 6.07 Å². The number of hydrogen-bond acceptors (Lipinski definition) is 6. The first-order valence-corrected chi connectivity index (χ1v) is 14.4. The summed E-state index contributed by atoms with van der Waals surface area (Å²) >= 11 is 0.959. The fourth-order valence-electron chi connectivity index (χ4n) is 4.57. The van der Waals surface area contributed by atoms with Crippen LogP contribution < -0.4 is 9.46 Å². The summed E-state index contributed by atoms with van der Waals surface area (Å²) in [5.74, 6) is -2.09. The number of halogens is 2. The Bertz CT molecular complexity index is 1530. The Morgan fingerprint density at radius 2 is 1.95 bits per heavy atom. The topological polar surface area (TPSA) is 106 Å². The van der Waals surface area contributed by atoms with Gasteiger partial charge in [-0.1, -0.05) is 26.0 Å². The monoisotopic (exact) mass is 562 g/mol. The fourth-order valence-corrected chi connectivity index (χ4v) is 6.75. The number of benzene rings is 2. The van der Waals surface area contributed by atoms with Gasteiger partial charge < -0.3 is 9.84 Å². The number of aromatic nitrogens is 1. The third kappa shape index (κ3) is 5.44. The highest BCUT2D eigenvalue weighted by atomic mass is 32.2. The quantitative estimate of drug-likeness (QED) is 0.315. The number of anilines is 1. The van der Waals surface area contributed by atoms with E-state index in [1.54, 1.807) is 13.0 Å². The molecule has 1 heterocycles. The highest BCUT2D eigenvalue weighted by Crippen LogP contribution is 2.38. The molecule has 0 aliphatic heterocycles. The normalized spacial score (nSPS) is 15.9. The molecule has 0 spiro atoms. The van der Waals surface area contributed by atoms with E-state index in [9.17, 15) is 17.6 Å². The second-order valence-electron chi connectivity index (χ2n) is 9.54. The summed E-state index contributed by atoms with van der Waals surface area (Å²) in [4.78, 5) is 15.3. The number of nitrogens with one attached hydrogen (secondary N) is 1. The van der Waals surface area contributed by atoms with Crippen LogP contribution in [0.5, 0.6) is 5.75 Å². The Kier molecular flexibility index (Phi) is 7.89. The standard InChI is InChI=1S/C27H28F2N2O5S2/c1-14(2)16-5-7-17(8-6-16)18-9-10-19(25(29)15(18)3)26-30-24(13-37-26)38(34,35)31-22-12-21(28)20(27(32)33)11-23(22)36-4/h7,9-14,16,31H,5-6,8H2,1-4H3,(H,32,33). The molecule has 2 N–H and O–H groups in total. The van der Waals surface area contributed by atoms with E-state index in [0.717, 1.165) is 53.9 Å². The summed E-state index contributed by atoms with van der Waals surface area (Å²) in [5, 5.41) is 10.1. The van der Waals surface area contributed by atoms with E-state index in [-0.39, 0.29) is 22.0 Å². The number of sulfonamides is 1. The minimum Gasteiger partial charge on any atom is -0.495 e. The molecule has 0 fully saturated rings. The zero-order chi connectivity index (χ0) is 27.8. The summed E-state index contributed by atoms with van der Waals surface area (Å²) in [6.45, 7) is 6.13. The number of ether oxygens (including phenoxy) is 1. The summed E-state index contributed by atoms with van der Waals surface area (Å²) in [6.07, 6.45) is 5.09. The number of methoxy groups -OCH3 is 1. The number of carboxylic acid groups (broad SMARTS) is 1. The van der Waals surface area contributed by atoms with Gasteiger partial charge in [-0.05, 0) is 66.9 Å². The number of hydrogen-bond donors (Lipinski definition) is 2. The molecule has 0 radical (unpaired) electrons. The lowest BCUT2D eigenvalue weighted by atomic mass is 9.80. The van der Waals surface area contributed by atoms with Crippen LogP contribution >= 0.6 is 11.3 Å². The van der Waals surface area contributed by atoms with Gasteiger partial charge in [-0.3, -0.25) is 4.72 Å². The molecule has 3 aromatic rings. The lowest BCUT2D eigenvalue weighted by Gasteiger charge is -2.26. The van der Waals surface area contributed by atoms with Gasteiger partial charge in [-0.25, -0.2) is 18.6 Å². The van der Waals surface area contributed by atoms with E-state index < -0.39 is 38.2 Å². The Hall–Kier alpha value is -3.31. The van der Waals surface area contributed by atoms with E-state index in [2.05, 4.69) is 29.6 Å². The maximum atomic E-state index is 15.5. The largest absolute Gasteiger partial charge is 0.495 e. The molecular weight excluding hydrogens is 534 g/mol. The van der Waals surface area contributed by atoms with Crippen LogP contribution in [0.4, 0.5) is 14.5 Å². The van der Waals surface area contributed by atoms with Crippen molar-refractivity contribution >= 4 is 38.6 Å². The first kappa shape index (κ1) is 27.7. The number of allylic oxidation sites excluding steroid dienone is 2. The van der Waals surface area contributed by atoms with Gasteiger partial charge in [0.05, 0.1) is 18.4 Å². The molecule has 4 rings (SSSR count). The van der Waals surface area contributed by atoms with Crippen molar-refractivity contribution in [2.75, 3.05) is 11.8 Å². The van der Waals surface area contributed by atoms with E-state index >= 15 is 4.39 Å². The molecule has 0 amide bonds. The molecule has 202 valence electrons. The zero-order valence-corrected chi connectivity index (χ0v) is 23.0. The van der Waals surface area contributed by atoms with Gasteiger partial charge in [0.15, 0.2) is 5.03 Å². The molecule has 2 aromatic carbocycles. The number of aromatic carboxylic acids is 1. The third-order valence-corrected chi connectivity index (χ3v) is 9.15. The van der Waals surface area contributed by atoms with Crippen molar-refractivity contribution in [2.45, 2.75) is 45.1 Å². The lowest BCUT2D eigenvalue weighted by molar-refractivity contribution is 0.0691. The molecule has 1 aliphatic carbocycles. The van der Waals surface area contributed by atoms with Crippen molar-refractivity contribution in [3.05, 3.63) is 64.0 Å². The Labute approximate surface area is 224 Å². The van der Waals surface area contributed by atoms with Crippen molar-refractivity contribution in [1.82, 2.24) is 4.98 Å². The van der Waals surface area contributed by atoms with Gasteiger partial charge in [-0.2, -0.15) is 8.42 Å². The second kappa shape index (κ2) is 10.8. The van der Waals surface area contributed by atoms with Gasteiger partial charge in [0.1, 0.15) is 22.4 Å². The van der Waals surface area contributed by atoms with Crippen LogP contribution in [0.3, 0.4) is 0 Å². The maximum absolute atomic E-state index is 15.5. The first-order chi connectivity index (χ1) is 17.9. The SMILES string of the molecule is COc1cc(C(=O)O)c(F)cc1NS(=O)(=O)c1csc(-c2ccc(C3=CCC(C(C)C)CC3)c(C)c2F)n1. The molecule has 0 saturated heterocycles. The number of carbonyl (C=O) groups is 1. The van der Waals surface area contributed by atoms with Gasteiger partial charge in [-0.15, -0.1) is 11.3 Å². The Morgan fingerprint density at radius 1 is 1.24 bits per heavy atom.